The number of carbonyl (C=O) groups is 1. The van der Waals surface area contributed by atoms with Crippen molar-refractivity contribution >= 4 is 5.91 Å². The Morgan fingerprint density at radius 2 is 1.79 bits per heavy atom. The van der Waals surface area contributed by atoms with Gasteiger partial charge in [-0.15, -0.1) is 0 Å². The lowest BCUT2D eigenvalue weighted by molar-refractivity contribution is -0.129. The Morgan fingerprint density at radius 1 is 1.08 bits per heavy atom. The fourth-order valence-corrected chi connectivity index (χ4v) is 2.97. The summed E-state index contributed by atoms with van der Waals surface area (Å²) < 4.78 is 5.23. The lowest BCUT2D eigenvalue weighted by atomic mass is 9.88. The van der Waals surface area contributed by atoms with Gasteiger partial charge in [-0.05, 0) is 36.6 Å². The molecule has 0 aliphatic carbocycles. The van der Waals surface area contributed by atoms with E-state index >= 15 is 0 Å². The minimum Gasteiger partial charge on any atom is -0.361 e. The molecular formula is C19H18N2O3. The molecule has 0 radical (unpaired) electrons. The molecule has 0 aliphatic heterocycles. The molecule has 1 amide bonds. The summed E-state index contributed by atoms with van der Waals surface area (Å²) in [5.74, 6) is -0.346. The molecule has 3 aromatic rings. The van der Waals surface area contributed by atoms with Gasteiger partial charge in [0.25, 0.3) is 5.91 Å². The van der Waals surface area contributed by atoms with E-state index in [9.17, 15) is 4.79 Å². The summed E-state index contributed by atoms with van der Waals surface area (Å²) in [6, 6.07) is 17.0. The largest absolute Gasteiger partial charge is 0.361 e. The maximum atomic E-state index is 12.3. The number of amides is 1. The van der Waals surface area contributed by atoms with E-state index in [1.54, 1.807) is 5.48 Å². The van der Waals surface area contributed by atoms with E-state index in [4.69, 9.17) is 9.73 Å². The summed E-state index contributed by atoms with van der Waals surface area (Å²) in [6.45, 7) is 3.74. The van der Waals surface area contributed by atoms with E-state index < -0.39 is 11.8 Å². The van der Waals surface area contributed by atoms with Crippen LogP contribution in [0.3, 0.4) is 0 Å². The average molecular weight is 322 g/mol. The fourth-order valence-electron chi connectivity index (χ4n) is 2.97. The number of nitrogens with one attached hydrogen (secondary N) is 1. The van der Waals surface area contributed by atoms with Crippen LogP contribution < -0.4 is 5.48 Å². The van der Waals surface area contributed by atoms with Crippen molar-refractivity contribution in [2.45, 2.75) is 19.8 Å². The van der Waals surface area contributed by atoms with Gasteiger partial charge in [-0.2, -0.15) is 0 Å². The molecule has 2 aromatic carbocycles. The van der Waals surface area contributed by atoms with Crippen molar-refractivity contribution in [3.63, 3.8) is 0 Å². The number of rotatable bonds is 4. The van der Waals surface area contributed by atoms with Crippen LogP contribution in [0.2, 0.25) is 0 Å². The molecule has 0 saturated carbocycles. The van der Waals surface area contributed by atoms with Gasteiger partial charge in [0.05, 0.1) is 11.6 Å². The van der Waals surface area contributed by atoms with E-state index in [-0.39, 0.29) is 0 Å². The monoisotopic (exact) mass is 322 g/mol. The summed E-state index contributed by atoms with van der Waals surface area (Å²) in [6.07, 6.45) is 0. The van der Waals surface area contributed by atoms with Crippen molar-refractivity contribution in [2.24, 2.45) is 0 Å². The summed E-state index contributed by atoms with van der Waals surface area (Å²) in [4.78, 5) is 12.3. The van der Waals surface area contributed by atoms with Gasteiger partial charge >= 0.3 is 0 Å². The molecule has 2 N–H and O–H groups in total. The highest BCUT2D eigenvalue weighted by atomic mass is 16.5. The lowest BCUT2D eigenvalue weighted by Crippen LogP contribution is -2.27. The predicted octanol–water partition coefficient (Wildman–Crippen LogP) is 3.60. The van der Waals surface area contributed by atoms with Crippen LogP contribution >= 0.6 is 0 Å². The van der Waals surface area contributed by atoms with Gasteiger partial charge in [-0.25, -0.2) is 5.48 Å². The summed E-state index contributed by atoms with van der Waals surface area (Å²) >= 11 is 0. The first-order valence-electron chi connectivity index (χ1n) is 7.64. The quantitative estimate of drug-likeness (QED) is 0.568. The first kappa shape index (κ1) is 16.0. The van der Waals surface area contributed by atoms with E-state index in [1.807, 2.05) is 68.4 Å². The van der Waals surface area contributed by atoms with Crippen molar-refractivity contribution in [1.29, 1.82) is 0 Å². The number of aromatic nitrogens is 1. The number of aryl methyl sites for hydroxylation is 2. The van der Waals surface area contributed by atoms with Gasteiger partial charge < -0.3 is 4.52 Å². The minimum absolute atomic E-state index is 0.475. The summed E-state index contributed by atoms with van der Waals surface area (Å²) in [5.41, 5.74) is 6.01. The van der Waals surface area contributed by atoms with Crippen LogP contribution in [0.15, 0.2) is 59.1 Å². The second-order valence-electron chi connectivity index (χ2n) is 5.64. The number of hydroxylamine groups is 1. The van der Waals surface area contributed by atoms with E-state index in [0.29, 0.717) is 0 Å². The van der Waals surface area contributed by atoms with E-state index in [1.165, 1.54) is 0 Å². The van der Waals surface area contributed by atoms with Crippen molar-refractivity contribution in [3.8, 4) is 11.1 Å². The zero-order chi connectivity index (χ0) is 17.1. The van der Waals surface area contributed by atoms with Gasteiger partial charge in [0.15, 0.2) is 0 Å². The molecule has 5 nitrogen and oxygen atoms in total. The molecule has 5 heteroatoms. The van der Waals surface area contributed by atoms with Gasteiger partial charge in [0, 0.05) is 5.56 Å². The Labute approximate surface area is 139 Å². The molecule has 24 heavy (non-hydrogen) atoms. The number of nitrogens with zero attached hydrogens (tertiary/aromatic N) is 1. The highest BCUT2D eigenvalue weighted by Gasteiger charge is 2.23. The Bertz CT molecular complexity index is 837. The Hall–Kier alpha value is -2.92. The van der Waals surface area contributed by atoms with Crippen LogP contribution in [-0.4, -0.2) is 16.3 Å². The predicted molar refractivity (Wildman–Crippen MR) is 89.6 cm³/mol. The fraction of sp³-hybridized carbons (Fsp3) is 0.158. The first-order chi connectivity index (χ1) is 11.6. The number of hydrogen-bond acceptors (Lipinski definition) is 4. The zero-order valence-electron chi connectivity index (χ0n) is 13.5. The molecule has 0 aliphatic rings. The summed E-state index contributed by atoms with van der Waals surface area (Å²) in [5, 5.41) is 13.1. The summed E-state index contributed by atoms with van der Waals surface area (Å²) in [7, 11) is 0. The smallest absolute Gasteiger partial charge is 0.255 e. The Balaban J connectivity index is 2.10. The van der Waals surface area contributed by atoms with Crippen molar-refractivity contribution in [2.75, 3.05) is 0 Å². The molecule has 0 saturated heterocycles. The third-order valence-electron chi connectivity index (χ3n) is 4.05. The van der Waals surface area contributed by atoms with E-state index in [0.717, 1.165) is 33.7 Å². The van der Waals surface area contributed by atoms with Crippen LogP contribution in [0.25, 0.3) is 11.1 Å². The average Bonchev–Trinajstić information content (AvgIpc) is 2.95. The lowest BCUT2D eigenvalue weighted by Gasteiger charge is -2.16. The van der Waals surface area contributed by atoms with Gasteiger partial charge in [-0.1, -0.05) is 53.7 Å². The molecule has 1 heterocycles. The standard InChI is InChI=1S/C19H18N2O3/c1-12-17(13(2)24-21-12)15-9-6-10-16(11-15)18(19(22)20-23)14-7-4-3-5-8-14/h3-11,18,23H,1-2H3,(H,20,22). The van der Waals surface area contributed by atoms with Crippen LogP contribution in [0.1, 0.15) is 28.5 Å². The second kappa shape index (κ2) is 6.68. The van der Waals surface area contributed by atoms with Crippen molar-refractivity contribution in [3.05, 3.63) is 77.2 Å². The molecule has 1 unspecified atom stereocenters. The molecule has 0 bridgehead atoms. The molecule has 0 fully saturated rings. The molecule has 1 aromatic heterocycles. The van der Waals surface area contributed by atoms with Gasteiger partial charge in [0.1, 0.15) is 5.76 Å². The Morgan fingerprint density at radius 3 is 2.42 bits per heavy atom. The van der Waals surface area contributed by atoms with Gasteiger partial charge in [-0.3, -0.25) is 10.0 Å². The van der Waals surface area contributed by atoms with Crippen LogP contribution in [0, 0.1) is 13.8 Å². The molecule has 3 rings (SSSR count). The molecule has 122 valence electrons. The van der Waals surface area contributed by atoms with Crippen molar-refractivity contribution < 1.29 is 14.5 Å². The zero-order valence-corrected chi connectivity index (χ0v) is 13.5. The SMILES string of the molecule is Cc1noc(C)c1-c1cccc(C(C(=O)NO)c2ccccc2)c1. The van der Waals surface area contributed by atoms with E-state index in [2.05, 4.69) is 5.16 Å². The molecular weight excluding hydrogens is 304 g/mol. The third-order valence-corrected chi connectivity index (χ3v) is 4.05. The number of hydrogen-bond donors (Lipinski definition) is 2. The second-order valence-corrected chi connectivity index (χ2v) is 5.64. The highest BCUT2D eigenvalue weighted by Crippen LogP contribution is 2.31. The maximum absolute atomic E-state index is 12.3. The topological polar surface area (TPSA) is 75.4 Å². The third kappa shape index (κ3) is 2.94. The normalized spacial score (nSPS) is 12.0. The number of benzene rings is 2. The molecule has 0 spiro atoms. The Kier molecular flexibility index (Phi) is 4.44. The van der Waals surface area contributed by atoms with Crippen LogP contribution in [-0.2, 0) is 4.79 Å². The van der Waals surface area contributed by atoms with Crippen LogP contribution in [0.4, 0.5) is 0 Å². The first-order valence-corrected chi connectivity index (χ1v) is 7.64. The van der Waals surface area contributed by atoms with Gasteiger partial charge in [0.2, 0.25) is 0 Å². The minimum atomic E-state index is -0.600. The molecule has 1 atom stereocenters. The maximum Gasteiger partial charge on any atom is 0.255 e. The highest BCUT2D eigenvalue weighted by molar-refractivity contribution is 5.86. The van der Waals surface area contributed by atoms with Crippen LogP contribution in [0.5, 0.6) is 0 Å². The number of carbonyl (C=O) groups excluding carboxylic acids is 1. The van der Waals surface area contributed by atoms with Crippen molar-refractivity contribution in [1.82, 2.24) is 10.6 Å².